The summed E-state index contributed by atoms with van der Waals surface area (Å²) < 4.78 is 0. The summed E-state index contributed by atoms with van der Waals surface area (Å²) in [5.41, 5.74) is 3.69. The summed E-state index contributed by atoms with van der Waals surface area (Å²) in [4.78, 5) is 28.0. The van der Waals surface area contributed by atoms with Crippen LogP contribution in [0.25, 0.3) is 0 Å². The second-order valence-electron chi connectivity index (χ2n) is 7.68. The summed E-state index contributed by atoms with van der Waals surface area (Å²) in [6.45, 7) is 13.1. The Morgan fingerprint density at radius 2 is 1.54 bits per heavy atom. The highest BCUT2D eigenvalue weighted by molar-refractivity contribution is 5.80. The van der Waals surface area contributed by atoms with E-state index in [1.54, 1.807) is 0 Å². The van der Waals surface area contributed by atoms with Crippen molar-refractivity contribution < 1.29 is 9.59 Å². The summed E-state index contributed by atoms with van der Waals surface area (Å²) in [6, 6.07) is 6.42. The summed E-state index contributed by atoms with van der Waals surface area (Å²) in [5, 5.41) is 0. The summed E-state index contributed by atoms with van der Waals surface area (Å²) in [6.07, 6.45) is 0.977. The fraction of sp³-hybridized carbons (Fsp3) is 0.600. The first-order valence-corrected chi connectivity index (χ1v) is 8.88. The molecule has 0 unspecified atom stereocenters. The lowest BCUT2D eigenvalue weighted by molar-refractivity contribution is -0.139. The Morgan fingerprint density at radius 1 is 1.00 bits per heavy atom. The number of benzene rings is 1. The van der Waals surface area contributed by atoms with Crippen molar-refractivity contribution in [1.82, 2.24) is 9.80 Å². The molecule has 4 nitrogen and oxygen atoms in total. The molecule has 0 N–H and O–H groups in total. The summed E-state index contributed by atoms with van der Waals surface area (Å²) >= 11 is 0. The van der Waals surface area contributed by atoms with E-state index in [1.165, 1.54) is 11.1 Å². The van der Waals surface area contributed by atoms with Crippen LogP contribution in [0.1, 0.15) is 50.8 Å². The Morgan fingerprint density at radius 3 is 2.00 bits per heavy atom. The molecule has 1 aromatic carbocycles. The third-order valence-electron chi connectivity index (χ3n) is 4.84. The van der Waals surface area contributed by atoms with Crippen LogP contribution in [0.4, 0.5) is 0 Å². The number of hydrogen-bond donors (Lipinski definition) is 0. The SMILES string of the molecule is CCC(=O)N1CCN(C(=O)Cc2ccc(C(C)(C)C)cc2C)CC1. The van der Waals surface area contributed by atoms with E-state index in [9.17, 15) is 9.59 Å². The molecule has 0 aliphatic carbocycles. The van der Waals surface area contributed by atoms with E-state index in [1.807, 2.05) is 16.7 Å². The van der Waals surface area contributed by atoms with Gasteiger partial charge in [0.15, 0.2) is 0 Å². The van der Waals surface area contributed by atoms with Crippen LogP contribution >= 0.6 is 0 Å². The molecular weight excluding hydrogens is 300 g/mol. The Labute approximate surface area is 145 Å². The molecule has 132 valence electrons. The van der Waals surface area contributed by atoms with E-state index in [0.717, 1.165) is 5.56 Å². The molecule has 1 aromatic rings. The molecule has 0 saturated carbocycles. The Balaban J connectivity index is 1.97. The van der Waals surface area contributed by atoms with Crippen molar-refractivity contribution in [3.63, 3.8) is 0 Å². The number of carbonyl (C=O) groups excluding carboxylic acids is 2. The van der Waals surface area contributed by atoms with Crippen molar-refractivity contribution in [2.45, 2.75) is 52.9 Å². The van der Waals surface area contributed by atoms with Crippen LogP contribution in [0.15, 0.2) is 18.2 Å². The van der Waals surface area contributed by atoms with Crippen LogP contribution in [-0.4, -0.2) is 47.8 Å². The summed E-state index contributed by atoms with van der Waals surface area (Å²) in [5.74, 6) is 0.334. The second kappa shape index (κ2) is 7.37. The van der Waals surface area contributed by atoms with Crippen LogP contribution < -0.4 is 0 Å². The first-order chi connectivity index (χ1) is 11.2. The minimum Gasteiger partial charge on any atom is -0.339 e. The molecule has 4 heteroatoms. The Kier molecular flexibility index (Phi) is 5.68. The average Bonchev–Trinajstić information content (AvgIpc) is 2.55. The maximum absolute atomic E-state index is 12.6. The van der Waals surface area contributed by atoms with Crippen molar-refractivity contribution in [2.24, 2.45) is 0 Å². The third-order valence-corrected chi connectivity index (χ3v) is 4.84. The van der Waals surface area contributed by atoms with Crippen molar-refractivity contribution >= 4 is 11.8 Å². The molecule has 0 radical (unpaired) electrons. The molecule has 1 saturated heterocycles. The van der Waals surface area contributed by atoms with Gasteiger partial charge in [-0.3, -0.25) is 9.59 Å². The lowest BCUT2D eigenvalue weighted by atomic mass is 9.85. The molecule has 0 atom stereocenters. The van der Waals surface area contributed by atoms with Gasteiger partial charge in [0.25, 0.3) is 0 Å². The van der Waals surface area contributed by atoms with Gasteiger partial charge in [-0.15, -0.1) is 0 Å². The normalized spacial score (nSPS) is 15.5. The third kappa shape index (κ3) is 4.37. The maximum atomic E-state index is 12.6. The van der Waals surface area contributed by atoms with Crippen molar-refractivity contribution in [3.05, 3.63) is 34.9 Å². The predicted octanol–water partition coefficient (Wildman–Crippen LogP) is 2.92. The number of hydrogen-bond acceptors (Lipinski definition) is 2. The first-order valence-electron chi connectivity index (χ1n) is 8.88. The number of nitrogens with zero attached hydrogens (tertiary/aromatic N) is 2. The van der Waals surface area contributed by atoms with E-state index in [-0.39, 0.29) is 17.2 Å². The van der Waals surface area contributed by atoms with Crippen molar-refractivity contribution in [1.29, 1.82) is 0 Å². The largest absolute Gasteiger partial charge is 0.339 e. The van der Waals surface area contributed by atoms with E-state index in [0.29, 0.717) is 39.0 Å². The standard InChI is InChI=1S/C20H30N2O2/c1-6-18(23)21-9-11-22(12-10-21)19(24)14-16-7-8-17(13-15(16)2)20(3,4)5/h7-8,13H,6,9-12,14H2,1-5H3. The van der Waals surface area contributed by atoms with Gasteiger partial charge < -0.3 is 9.80 Å². The summed E-state index contributed by atoms with van der Waals surface area (Å²) in [7, 11) is 0. The number of amides is 2. The molecule has 0 aromatic heterocycles. The van der Waals surface area contributed by atoms with Crippen LogP contribution in [0, 0.1) is 6.92 Å². The van der Waals surface area contributed by atoms with Gasteiger partial charge in [0.1, 0.15) is 0 Å². The van der Waals surface area contributed by atoms with E-state index >= 15 is 0 Å². The van der Waals surface area contributed by atoms with Gasteiger partial charge in [0, 0.05) is 32.6 Å². The minimum absolute atomic E-state index is 0.120. The number of carbonyl (C=O) groups is 2. The molecular formula is C20H30N2O2. The van der Waals surface area contributed by atoms with Gasteiger partial charge in [-0.05, 0) is 29.0 Å². The zero-order chi connectivity index (χ0) is 17.9. The Bertz CT molecular complexity index is 609. The predicted molar refractivity (Wildman–Crippen MR) is 97.0 cm³/mol. The lowest BCUT2D eigenvalue weighted by Crippen LogP contribution is -2.50. The first kappa shape index (κ1) is 18.5. The van der Waals surface area contributed by atoms with Crippen molar-refractivity contribution in [3.8, 4) is 0 Å². The fourth-order valence-electron chi connectivity index (χ4n) is 3.06. The average molecular weight is 330 g/mol. The fourth-order valence-corrected chi connectivity index (χ4v) is 3.06. The quantitative estimate of drug-likeness (QED) is 0.855. The topological polar surface area (TPSA) is 40.6 Å². The maximum Gasteiger partial charge on any atom is 0.227 e. The highest BCUT2D eigenvalue weighted by atomic mass is 16.2. The molecule has 1 heterocycles. The molecule has 0 bridgehead atoms. The van der Waals surface area contributed by atoms with Crippen LogP contribution in [0.3, 0.4) is 0 Å². The highest BCUT2D eigenvalue weighted by Crippen LogP contribution is 2.24. The van der Waals surface area contributed by atoms with Gasteiger partial charge in [0.05, 0.1) is 6.42 Å². The molecule has 1 aliphatic heterocycles. The number of piperazine rings is 1. The second-order valence-corrected chi connectivity index (χ2v) is 7.68. The van der Waals surface area contributed by atoms with E-state index in [4.69, 9.17) is 0 Å². The van der Waals surface area contributed by atoms with E-state index < -0.39 is 0 Å². The van der Waals surface area contributed by atoms with Gasteiger partial charge in [-0.1, -0.05) is 45.9 Å². The van der Waals surface area contributed by atoms with Gasteiger partial charge in [-0.25, -0.2) is 0 Å². The van der Waals surface area contributed by atoms with Crippen molar-refractivity contribution in [2.75, 3.05) is 26.2 Å². The molecule has 0 spiro atoms. The monoisotopic (exact) mass is 330 g/mol. The molecule has 1 aliphatic rings. The van der Waals surface area contributed by atoms with Crippen LogP contribution in [-0.2, 0) is 21.4 Å². The number of aryl methyl sites for hydroxylation is 1. The molecule has 2 rings (SSSR count). The van der Waals surface area contributed by atoms with Crippen LogP contribution in [0.5, 0.6) is 0 Å². The van der Waals surface area contributed by atoms with Gasteiger partial charge in [0.2, 0.25) is 11.8 Å². The van der Waals surface area contributed by atoms with Gasteiger partial charge in [-0.2, -0.15) is 0 Å². The highest BCUT2D eigenvalue weighted by Gasteiger charge is 2.24. The van der Waals surface area contributed by atoms with Gasteiger partial charge >= 0.3 is 0 Å². The van der Waals surface area contributed by atoms with E-state index in [2.05, 4.69) is 45.9 Å². The zero-order valence-electron chi connectivity index (χ0n) is 15.7. The lowest BCUT2D eigenvalue weighted by Gasteiger charge is -2.35. The molecule has 1 fully saturated rings. The Hall–Kier alpha value is -1.84. The smallest absolute Gasteiger partial charge is 0.227 e. The minimum atomic E-state index is 0.120. The zero-order valence-corrected chi connectivity index (χ0v) is 15.7. The molecule has 24 heavy (non-hydrogen) atoms. The molecule has 2 amide bonds. The number of rotatable bonds is 3. The van der Waals surface area contributed by atoms with Crippen LogP contribution in [0.2, 0.25) is 0 Å².